The average Bonchev–Trinajstić information content (AvgIpc) is 3.28. The molecule has 0 radical (unpaired) electrons. The van der Waals surface area contributed by atoms with E-state index < -0.39 is 17.6 Å². The zero-order valence-electron chi connectivity index (χ0n) is 14.6. The Morgan fingerprint density at radius 1 is 1.24 bits per heavy atom. The third-order valence-corrected chi connectivity index (χ3v) is 6.62. The van der Waals surface area contributed by atoms with Crippen LogP contribution in [0.1, 0.15) is 45.4 Å². The maximum Gasteiger partial charge on any atom is 0.325 e. The largest absolute Gasteiger partial charge is 0.340 e. The van der Waals surface area contributed by atoms with E-state index in [-0.39, 0.29) is 30.3 Å². The predicted molar refractivity (Wildman–Crippen MR) is 94.1 cm³/mol. The molecule has 2 aliphatic heterocycles. The maximum absolute atomic E-state index is 12.9. The lowest BCUT2D eigenvalue weighted by molar-refractivity contribution is -0.142. The van der Waals surface area contributed by atoms with Crippen molar-refractivity contribution in [3.8, 4) is 0 Å². The summed E-state index contributed by atoms with van der Waals surface area (Å²) in [5, 5.41) is 2.85. The molecule has 0 aromatic carbocycles. The van der Waals surface area contributed by atoms with Crippen molar-refractivity contribution in [2.24, 2.45) is 17.6 Å². The molecular formula is C17H27ClN4O3. The van der Waals surface area contributed by atoms with Gasteiger partial charge >= 0.3 is 6.03 Å². The van der Waals surface area contributed by atoms with Gasteiger partial charge in [-0.2, -0.15) is 0 Å². The number of hydrogen-bond donors (Lipinski definition) is 2. The smallest absolute Gasteiger partial charge is 0.325 e. The van der Waals surface area contributed by atoms with Crippen molar-refractivity contribution in [3.05, 3.63) is 0 Å². The van der Waals surface area contributed by atoms with Gasteiger partial charge in [0.1, 0.15) is 11.6 Å². The number of fused-ring (bicyclic) bond motifs is 1. The molecule has 25 heavy (non-hydrogen) atoms. The number of imide groups is 1. The molecule has 2 heterocycles. The van der Waals surface area contributed by atoms with E-state index in [0.717, 1.165) is 30.6 Å². The summed E-state index contributed by atoms with van der Waals surface area (Å²) in [6.45, 7) is 3.03. The van der Waals surface area contributed by atoms with Gasteiger partial charge in [0.2, 0.25) is 5.91 Å². The summed E-state index contributed by atoms with van der Waals surface area (Å²) in [6.07, 6.45) is 5.33. The Kier molecular flexibility index (Phi) is 4.75. The van der Waals surface area contributed by atoms with Crippen molar-refractivity contribution in [3.63, 3.8) is 0 Å². The molecule has 4 aliphatic rings. The van der Waals surface area contributed by atoms with Crippen LogP contribution in [-0.4, -0.2) is 58.4 Å². The van der Waals surface area contributed by atoms with E-state index in [1.54, 1.807) is 11.8 Å². The Morgan fingerprint density at radius 2 is 1.92 bits per heavy atom. The second kappa shape index (κ2) is 6.43. The third kappa shape index (κ3) is 2.72. The summed E-state index contributed by atoms with van der Waals surface area (Å²) in [7, 11) is 0. The van der Waals surface area contributed by atoms with Crippen molar-refractivity contribution < 1.29 is 14.4 Å². The van der Waals surface area contributed by atoms with E-state index in [0.29, 0.717) is 37.8 Å². The van der Waals surface area contributed by atoms with Crippen LogP contribution in [0.2, 0.25) is 0 Å². The van der Waals surface area contributed by atoms with E-state index in [1.165, 1.54) is 0 Å². The van der Waals surface area contributed by atoms with Gasteiger partial charge in [0.25, 0.3) is 5.91 Å². The number of carbonyl (C=O) groups excluding carboxylic acids is 3. The van der Waals surface area contributed by atoms with Gasteiger partial charge in [-0.05, 0) is 44.4 Å². The average molecular weight is 371 g/mol. The lowest BCUT2D eigenvalue weighted by atomic mass is 9.97. The normalized spacial score (nSPS) is 34.2. The zero-order valence-corrected chi connectivity index (χ0v) is 15.4. The van der Waals surface area contributed by atoms with Crippen LogP contribution in [0.15, 0.2) is 0 Å². The van der Waals surface area contributed by atoms with Crippen LogP contribution in [0.25, 0.3) is 0 Å². The number of urea groups is 1. The Labute approximate surface area is 154 Å². The van der Waals surface area contributed by atoms with E-state index >= 15 is 0 Å². The van der Waals surface area contributed by atoms with Crippen molar-refractivity contribution >= 4 is 30.3 Å². The standard InChI is InChI=1S/C17H26N4O3.ClH/c1-10(14(22)20-8-11-4-5-13(18)12(11)9-20)21-15(23)17(19-16(21)24)6-2-3-7-17;/h10-13H,2-9,18H2,1H3,(H,19,24);1H. The van der Waals surface area contributed by atoms with Gasteiger partial charge in [-0.1, -0.05) is 12.8 Å². The zero-order chi connectivity index (χ0) is 17.1. The third-order valence-electron chi connectivity index (χ3n) is 6.62. The number of nitrogens with two attached hydrogens (primary N) is 1. The monoisotopic (exact) mass is 370 g/mol. The fourth-order valence-electron chi connectivity index (χ4n) is 5.17. The minimum Gasteiger partial charge on any atom is -0.340 e. The Hall–Kier alpha value is -1.34. The fourth-order valence-corrected chi connectivity index (χ4v) is 5.17. The number of carbonyl (C=O) groups is 3. The molecule has 0 aromatic heterocycles. The Balaban J connectivity index is 0.00000182. The lowest BCUT2D eigenvalue weighted by Gasteiger charge is -2.27. The molecule has 4 rings (SSSR count). The molecule has 140 valence electrons. The molecule has 1 spiro atoms. The topological polar surface area (TPSA) is 95.7 Å². The fraction of sp³-hybridized carbons (Fsp3) is 0.824. The number of rotatable bonds is 2. The summed E-state index contributed by atoms with van der Waals surface area (Å²) in [5.41, 5.74) is 5.38. The number of amides is 4. The molecule has 4 unspecified atom stereocenters. The van der Waals surface area contributed by atoms with Gasteiger partial charge in [-0.25, -0.2) is 9.69 Å². The first-order valence-corrected chi connectivity index (χ1v) is 9.13. The van der Waals surface area contributed by atoms with Gasteiger partial charge < -0.3 is 16.0 Å². The molecule has 4 atom stereocenters. The highest BCUT2D eigenvalue weighted by atomic mass is 35.5. The molecule has 2 saturated heterocycles. The van der Waals surface area contributed by atoms with E-state index in [2.05, 4.69) is 5.32 Å². The van der Waals surface area contributed by atoms with Crippen molar-refractivity contribution in [1.82, 2.24) is 15.1 Å². The van der Waals surface area contributed by atoms with Crippen molar-refractivity contribution in [1.29, 1.82) is 0 Å². The van der Waals surface area contributed by atoms with Crippen LogP contribution < -0.4 is 11.1 Å². The van der Waals surface area contributed by atoms with E-state index in [9.17, 15) is 14.4 Å². The number of likely N-dealkylation sites (tertiary alicyclic amines) is 1. The van der Waals surface area contributed by atoms with Crippen LogP contribution in [0.3, 0.4) is 0 Å². The summed E-state index contributed by atoms with van der Waals surface area (Å²) in [6, 6.07) is -0.993. The molecule has 3 N–H and O–H groups in total. The van der Waals surface area contributed by atoms with Crippen LogP contribution in [0, 0.1) is 11.8 Å². The van der Waals surface area contributed by atoms with Gasteiger partial charge in [0, 0.05) is 19.1 Å². The number of hydrogen-bond acceptors (Lipinski definition) is 4. The Morgan fingerprint density at radius 3 is 2.56 bits per heavy atom. The van der Waals surface area contributed by atoms with Crippen molar-refractivity contribution in [2.75, 3.05) is 13.1 Å². The van der Waals surface area contributed by atoms with Gasteiger partial charge in [0.05, 0.1) is 0 Å². The summed E-state index contributed by atoms with van der Waals surface area (Å²) < 4.78 is 0. The summed E-state index contributed by atoms with van der Waals surface area (Å²) in [5.74, 6) is 0.489. The summed E-state index contributed by atoms with van der Waals surface area (Å²) in [4.78, 5) is 41.0. The first-order valence-electron chi connectivity index (χ1n) is 9.13. The number of halogens is 1. The maximum atomic E-state index is 12.9. The summed E-state index contributed by atoms with van der Waals surface area (Å²) >= 11 is 0. The highest BCUT2D eigenvalue weighted by molar-refractivity contribution is 6.10. The van der Waals surface area contributed by atoms with Gasteiger partial charge in [0.15, 0.2) is 0 Å². The van der Waals surface area contributed by atoms with E-state index in [4.69, 9.17) is 5.73 Å². The second-order valence-corrected chi connectivity index (χ2v) is 7.98. The van der Waals surface area contributed by atoms with E-state index in [1.807, 2.05) is 0 Å². The van der Waals surface area contributed by atoms with Gasteiger partial charge in [-0.3, -0.25) is 9.59 Å². The molecular weight excluding hydrogens is 344 g/mol. The number of nitrogens with one attached hydrogen (secondary N) is 1. The van der Waals surface area contributed by atoms with Gasteiger partial charge in [-0.15, -0.1) is 12.4 Å². The van der Waals surface area contributed by atoms with Crippen LogP contribution >= 0.6 is 12.4 Å². The molecule has 0 aromatic rings. The highest BCUT2D eigenvalue weighted by Crippen LogP contribution is 2.39. The first kappa shape index (κ1) is 18.5. The quantitative estimate of drug-likeness (QED) is 0.704. The minimum atomic E-state index is -0.754. The van der Waals surface area contributed by atoms with Crippen LogP contribution in [0.5, 0.6) is 0 Å². The molecule has 2 aliphatic carbocycles. The Bertz CT molecular complexity index is 592. The second-order valence-electron chi connectivity index (χ2n) is 7.98. The van der Waals surface area contributed by atoms with Crippen LogP contribution in [-0.2, 0) is 9.59 Å². The molecule has 2 saturated carbocycles. The first-order chi connectivity index (χ1) is 11.4. The molecule has 4 fully saturated rings. The highest BCUT2D eigenvalue weighted by Gasteiger charge is 2.55. The minimum absolute atomic E-state index is 0. The number of nitrogens with zero attached hydrogens (tertiary/aromatic N) is 2. The SMILES string of the molecule is CC(C(=O)N1CC2CCC(N)C2C1)N1C(=O)NC2(CCCC2)C1=O.Cl. The van der Waals surface area contributed by atoms with Crippen molar-refractivity contribution in [2.45, 2.75) is 63.1 Å². The lowest BCUT2D eigenvalue weighted by Crippen LogP contribution is -2.51. The molecule has 4 amide bonds. The molecule has 0 bridgehead atoms. The van der Waals surface area contributed by atoms with Crippen LogP contribution in [0.4, 0.5) is 4.79 Å². The molecule has 7 nitrogen and oxygen atoms in total. The molecule has 8 heteroatoms. The predicted octanol–water partition coefficient (Wildman–Crippen LogP) is 0.857.